The van der Waals surface area contributed by atoms with Gasteiger partial charge in [0.1, 0.15) is 24.7 Å². The molecule has 3 rings (SSSR count). The van der Waals surface area contributed by atoms with Gasteiger partial charge in [-0.05, 0) is 35.4 Å². The average molecular weight is 435 g/mol. The van der Waals surface area contributed by atoms with Crippen molar-refractivity contribution in [2.45, 2.75) is 13.2 Å². The highest BCUT2D eigenvalue weighted by Crippen LogP contribution is 2.39. The maximum absolute atomic E-state index is 11.8. The molecule has 3 N–H and O–H groups in total. The summed E-state index contributed by atoms with van der Waals surface area (Å²) in [6, 6.07) is 16.2. The van der Waals surface area contributed by atoms with Crippen molar-refractivity contribution in [3.63, 3.8) is 0 Å². The predicted octanol–water partition coefficient (Wildman–Crippen LogP) is 4.79. The van der Waals surface area contributed by atoms with Gasteiger partial charge in [-0.25, -0.2) is 4.79 Å². The Bertz CT molecular complexity index is 1090. The third-order valence-corrected chi connectivity index (χ3v) is 4.83. The highest BCUT2D eigenvalue weighted by molar-refractivity contribution is 5.99. The zero-order valence-electron chi connectivity index (χ0n) is 18.0. The van der Waals surface area contributed by atoms with Crippen LogP contribution in [0.1, 0.15) is 27.0 Å². The van der Waals surface area contributed by atoms with Gasteiger partial charge < -0.3 is 29.8 Å². The fourth-order valence-corrected chi connectivity index (χ4v) is 3.13. The molecule has 0 fully saturated rings. The van der Waals surface area contributed by atoms with Crippen molar-refractivity contribution in [1.82, 2.24) is 0 Å². The van der Waals surface area contributed by atoms with Crippen molar-refractivity contribution in [3.05, 3.63) is 83.4 Å². The van der Waals surface area contributed by atoms with Crippen LogP contribution in [0.5, 0.6) is 23.0 Å². The van der Waals surface area contributed by atoms with Crippen LogP contribution in [0.4, 0.5) is 5.69 Å². The number of ether oxygens (including phenoxy) is 4. The summed E-state index contributed by atoms with van der Waals surface area (Å²) >= 11 is 0. The Kier molecular flexibility index (Phi) is 7.23. The van der Waals surface area contributed by atoms with E-state index in [2.05, 4.69) is 6.58 Å². The lowest BCUT2D eigenvalue weighted by molar-refractivity contribution is 0.0697. The summed E-state index contributed by atoms with van der Waals surface area (Å²) < 4.78 is 22.3. The molecule has 3 aromatic carbocycles. The van der Waals surface area contributed by atoms with Crippen LogP contribution < -0.4 is 24.7 Å². The van der Waals surface area contributed by atoms with Crippen molar-refractivity contribution < 1.29 is 28.8 Å². The summed E-state index contributed by atoms with van der Waals surface area (Å²) in [6.07, 6.45) is 1.41. The molecule has 7 nitrogen and oxygen atoms in total. The monoisotopic (exact) mass is 435 g/mol. The van der Waals surface area contributed by atoms with Crippen molar-refractivity contribution in [2.24, 2.45) is 0 Å². The zero-order valence-corrected chi connectivity index (χ0v) is 18.0. The quantitative estimate of drug-likeness (QED) is 0.442. The van der Waals surface area contributed by atoms with E-state index >= 15 is 0 Å². The lowest BCUT2D eigenvalue weighted by atomic mass is 10.0. The zero-order chi connectivity index (χ0) is 23.1. The molecule has 32 heavy (non-hydrogen) atoms. The van der Waals surface area contributed by atoms with Crippen LogP contribution in [0.3, 0.4) is 0 Å². The first-order valence-corrected chi connectivity index (χ1v) is 9.80. The van der Waals surface area contributed by atoms with Gasteiger partial charge in [0.2, 0.25) is 0 Å². The Labute approximate surface area is 186 Å². The van der Waals surface area contributed by atoms with Crippen LogP contribution >= 0.6 is 0 Å². The molecule has 0 aromatic heterocycles. The van der Waals surface area contributed by atoms with E-state index in [1.807, 2.05) is 48.5 Å². The van der Waals surface area contributed by atoms with Gasteiger partial charge in [-0.15, -0.1) is 0 Å². The lowest BCUT2D eigenvalue weighted by Crippen LogP contribution is -2.10. The molecule has 3 aromatic rings. The molecule has 7 heteroatoms. The van der Waals surface area contributed by atoms with E-state index < -0.39 is 5.97 Å². The molecule has 0 aliphatic rings. The summed E-state index contributed by atoms with van der Waals surface area (Å²) in [5.41, 5.74) is 8.03. The minimum absolute atomic E-state index is 0.0638. The molecule has 0 spiro atoms. The van der Waals surface area contributed by atoms with Gasteiger partial charge in [0, 0.05) is 11.6 Å². The van der Waals surface area contributed by atoms with Crippen LogP contribution in [0, 0.1) is 0 Å². The number of nitrogen functional groups attached to an aromatic ring is 1. The van der Waals surface area contributed by atoms with E-state index in [0.29, 0.717) is 5.75 Å². The van der Waals surface area contributed by atoms with Gasteiger partial charge >= 0.3 is 5.97 Å². The first-order chi connectivity index (χ1) is 15.5. The molecule has 0 aliphatic carbocycles. The highest BCUT2D eigenvalue weighted by atomic mass is 16.5. The van der Waals surface area contributed by atoms with E-state index in [1.165, 1.54) is 12.1 Å². The minimum atomic E-state index is -1.17. The van der Waals surface area contributed by atoms with Gasteiger partial charge in [0.05, 0.1) is 25.5 Å². The second-order valence-electron chi connectivity index (χ2n) is 6.86. The molecule has 0 saturated carbocycles. The summed E-state index contributed by atoms with van der Waals surface area (Å²) in [5, 5.41) is 9.64. The van der Waals surface area contributed by atoms with E-state index in [-0.39, 0.29) is 35.8 Å². The maximum Gasteiger partial charge on any atom is 0.338 e. The number of carbonyl (C=O) groups is 1. The summed E-state index contributed by atoms with van der Waals surface area (Å²) in [4.78, 5) is 11.8. The summed E-state index contributed by atoms with van der Waals surface area (Å²) in [7, 11) is 3.19. The molecule has 0 bridgehead atoms. The topological polar surface area (TPSA) is 100 Å². The number of carboxylic acid groups (broad SMARTS) is 1. The van der Waals surface area contributed by atoms with E-state index in [9.17, 15) is 9.90 Å². The average Bonchev–Trinajstić information content (AvgIpc) is 2.81. The van der Waals surface area contributed by atoms with Crippen molar-refractivity contribution in [2.75, 3.05) is 20.0 Å². The molecule has 0 amide bonds. The molecule has 0 radical (unpaired) electrons. The number of hydrogen-bond acceptors (Lipinski definition) is 6. The van der Waals surface area contributed by atoms with Crippen LogP contribution in [0.2, 0.25) is 0 Å². The molecule has 0 saturated heterocycles. The number of rotatable bonds is 10. The molecule has 0 aliphatic heterocycles. The van der Waals surface area contributed by atoms with E-state index in [1.54, 1.807) is 14.2 Å². The van der Waals surface area contributed by atoms with Crippen molar-refractivity contribution in [1.29, 1.82) is 0 Å². The smallest absolute Gasteiger partial charge is 0.338 e. The van der Waals surface area contributed by atoms with E-state index in [0.717, 1.165) is 22.6 Å². The SMILES string of the molecule is C=Cc1c(OCc2ccc(OC)cc2)c(OCc2ccc(OC)cc2)cc(N)c1C(=O)O. The Morgan fingerprint density at radius 3 is 1.88 bits per heavy atom. The largest absolute Gasteiger partial charge is 0.497 e. The molecular formula is C25H25NO6. The number of methoxy groups -OCH3 is 2. The maximum atomic E-state index is 11.8. The fraction of sp³-hybridized carbons (Fsp3) is 0.160. The van der Waals surface area contributed by atoms with Crippen LogP contribution in [0.25, 0.3) is 6.08 Å². The second kappa shape index (κ2) is 10.3. The Hall–Kier alpha value is -4.13. The molecule has 166 valence electrons. The van der Waals surface area contributed by atoms with E-state index in [4.69, 9.17) is 24.7 Å². The predicted molar refractivity (Wildman–Crippen MR) is 123 cm³/mol. The third-order valence-electron chi connectivity index (χ3n) is 4.83. The number of hydrogen-bond donors (Lipinski definition) is 2. The van der Waals surface area contributed by atoms with Crippen molar-refractivity contribution >= 4 is 17.7 Å². The standard InChI is InChI=1S/C25H25NO6/c1-4-20-23(25(27)28)21(26)13-22(31-14-16-5-9-18(29-2)10-6-16)24(20)32-15-17-7-11-19(30-3)12-8-17/h4-13H,1,14-15,26H2,2-3H3,(H,27,28). The molecule has 0 unspecified atom stereocenters. The highest BCUT2D eigenvalue weighted by Gasteiger charge is 2.22. The lowest BCUT2D eigenvalue weighted by Gasteiger charge is -2.18. The van der Waals surface area contributed by atoms with Crippen molar-refractivity contribution in [3.8, 4) is 23.0 Å². The van der Waals surface area contributed by atoms with Gasteiger partial charge in [0.15, 0.2) is 11.5 Å². The second-order valence-corrected chi connectivity index (χ2v) is 6.86. The summed E-state index contributed by atoms with van der Waals surface area (Å²) in [5.74, 6) is 0.877. The molecular weight excluding hydrogens is 410 g/mol. The molecule has 0 heterocycles. The first kappa shape index (κ1) is 22.6. The fourth-order valence-electron chi connectivity index (χ4n) is 3.13. The van der Waals surface area contributed by atoms with Crippen LogP contribution in [-0.4, -0.2) is 25.3 Å². The van der Waals surface area contributed by atoms with Crippen LogP contribution in [0.15, 0.2) is 61.2 Å². The van der Waals surface area contributed by atoms with Gasteiger partial charge in [-0.1, -0.05) is 36.9 Å². The van der Waals surface area contributed by atoms with Crippen LogP contribution in [-0.2, 0) is 13.2 Å². The normalized spacial score (nSPS) is 10.3. The van der Waals surface area contributed by atoms with Gasteiger partial charge in [-0.3, -0.25) is 0 Å². The number of nitrogens with two attached hydrogens (primary N) is 1. The number of aromatic carboxylic acids is 1. The number of carboxylic acids is 1. The Morgan fingerprint density at radius 2 is 1.44 bits per heavy atom. The number of anilines is 1. The third kappa shape index (κ3) is 5.13. The number of benzene rings is 3. The Morgan fingerprint density at radius 1 is 0.938 bits per heavy atom. The van der Waals surface area contributed by atoms with Gasteiger partial charge in [0.25, 0.3) is 0 Å². The molecule has 0 atom stereocenters. The Balaban J connectivity index is 1.91. The first-order valence-electron chi connectivity index (χ1n) is 9.80. The van der Waals surface area contributed by atoms with Gasteiger partial charge in [-0.2, -0.15) is 0 Å². The summed E-state index contributed by atoms with van der Waals surface area (Å²) in [6.45, 7) is 4.16. The minimum Gasteiger partial charge on any atom is -0.497 e.